The molecule has 0 spiro atoms. The van der Waals surface area contributed by atoms with E-state index in [1.165, 1.54) is 0 Å². The second kappa shape index (κ2) is 8.52. The minimum Gasteiger partial charge on any atom is -0.497 e. The molecule has 0 bridgehead atoms. The average Bonchev–Trinajstić information content (AvgIpc) is 2.68. The predicted octanol–water partition coefficient (Wildman–Crippen LogP) is 3.76. The quantitative estimate of drug-likeness (QED) is 0.839. The van der Waals surface area contributed by atoms with Crippen LogP contribution >= 0.6 is 23.2 Å². The molecule has 2 aromatic carbocycles. The number of nitrogens with one attached hydrogen (secondary N) is 1. The molecular weight excluding hydrogens is 373 g/mol. The normalized spacial score (nSPS) is 14.3. The Balaban J connectivity index is 1.50. The Morgan fingerprint density at radius 1 is 1.08 bits per heavy atom. The van der Waals surface area contributed by atoms with Gasteiger partial charge in [0.25, 0.3) is 0 Å². The highest BCUT2D eigenvalue weighted by Crippen LogP contribution is 2.25. The molecule has 0 radical (unpaired) electrons. The summed E-state index contributed by atoms with van der Waals surface area (Å²) in [5.74, 6) is 0.892. The van der Waals surface area contributed by atoms with Gasteiger partial charge in [0.15, 0.2) is 0 Å². The molecule has 0 unspecified atom stereocenters. The lowest BCUT2D eigenvalue weighted by Crippen LogP contribution is -2.50. The molecular formula is C19H21Cl2N3O2. The molecule has 5 nitrogen and oxygen atoms in total. The Hall–Kier alpha value is -2.11. The lowest BCUT2D eigenvalue weighted by atomic mass is 10.2. The number of hydrogen-bond donors (Lipinski definition) is 1. The maximum Gasteiger partial charge on any atom is 0.241 e. The first-order valence-electron chi connectivity index (χ1n) is 8.42. The molecule has 138 valence electrons. The summed E-state index contributed by atoms with van der Waals surface area (Å²) in [5.41, 5.74) is 1.81. The maximum atomic E-state index is 12.4. The van der Waals surface area contributed by atoms with Gasteiger partial charge in [-0.25, -0.2) is 0 Å². The molecule has 1 saturated heterocycles. The molecule has 1 heterocycles. The SMILES string of the molecule is COc1ccc(N2CCN(C(=O)CNc3cc(Cl)ccc3Cl)CC2)cc1. The van der Waals surface area contributed by atoms with Crippen molar-refractivity contribution >= 4 is 40.5 Å². The van der Waals surface area contributed by atoms with E-state index in [9.17, 15) is 4.79 Å². The molecule has 2 aromatic rings. The third-order valence-corrected chi connectivity index (χ3v) is 4.99. The van der Waals surface area contributed by atoms with Gasteiger partial charge in [-0.15, -0.1) is 0 Å². The summed E-state index contributed by atoms with van der Waals surface area (Å²) < 4.78 is 5.19. The maximum absolute atomic E-state index is 12.4. The molecule has 0 atom stereocenters. The van der Waals surface area contributed by atoms with Crippen molar-refractivity contribution in [2.45, 2.75) is 0 Å². The van der Waals surface area contributed by atoms with Gasteiger partial charge in [0.05, 0.1) is 24.4 Å². The second-order valence-corrected chi connectivity index (χ2v) is 6.89. The van der Waals surface area contributed by atoms with E-state index in [1.54, 1.807) is 25.3 Å². The number of piperazine rings is 1. The van der Waals surface area contributed by atoms with Crippen LogP contribution in [0.15, 0.2) is 42.5 Å². The van der Waals surface area contributed by atoms with Crippen LogP contribution in [0.2, 0.25) is 10.0 Å². The number of ether oxygens (including phenoxy) is 1. The Morgan fingerprint density at radius 2 is 1.77 bits per heavy atom. The van der Waals surface area contributed by atoms with E-state index in [0.29, 0.717) is 28.8 Å². The van der Waals surface area contributed by atoms with E-state index in [1.807, 2.05) is 29.2 Å². The van der Waals surface area contributed by atoms with Gasteiger partial charge in [0.1, 0.15) is 5.75 Å². The Morgan fingerprint density at radius 3 is 2.42 bits per heavy atom. The number of rotatable bonds is 5. The van der Waals surface area contributed by atoms with Gasteiger partial charge in [-0.2, -0.15) is 0 Å². The highest BCUT2D eigenvalue weighted by Gasteiger charge is 2.21. The Labute approximate surface area is 163 Å². The van der Waals surface area contributed by atoms with Crippen LogP contribution in [0.1, 0.15) is 0 Å². The zero-order valence-corrected chi connectivity index (χ0v) is 16.1. The van der Waals surface area contributed by atoms with Crippen molar-refractivity contribution in [3.8, 4) is 5.75 Å². The summed E-state index contributed by atoms with van der Waals surface area (Å²) in [7, 11) is 1.66. The number of nitrogens with zero attached hydrogens (tertiary/aromatic N) is 2. The van der Waals surface area contributed by atoms with Crippen molar-refractivity contribution in [1.29, 1.82) is 0 Å². The van der Waals surface area contributed by atoms with E-state index in [0.717, 1.165) is 24.5 Å². The van der Waals surface area contributed by atoms with E-state index in [4.69, 9.17) is 27.9 Å². The first-order valence-corrected chi connectivity index (χ1v) is 9.18. The topological polar surface area (TPSA) is 44.8 Å². The highest BCUT2D eigenvalue weighted by molar-refractivity contribution is 6.35. The molecule has 3 rings (SSSR count). The standard InChI is InChI=1S/C19H21Cl2N3O2/c1-26-16-5-3-15(4-6-16)23-8-10-24(11-9-23)19(25)13-22-18-12-14(20)2-7-17(18)21/h2-7,12,22H,8-11,13H2,1H3. The van der Waals surface area contributed by atoms with Crippen LogP contribution in [0.5, 0.6) is 5.75 Å². The van der Waals surface area contributed by atoms with Gasteiger partial charge >= 0.3 is 0 Å². The molecule has 1 fully saturated rings. The average molecular weight is 394 g/mol. The first kappa shape index (κ1) is 18.7. The van der Waals surface area contributed by atoms with Crippen LogP contribution in [-0.4, -0.2) is 50.6 Å². The van der Waals surface area contributed by atoms with Gasteiger partial charge in [-0.05, 0) is 42.5 Å². The zero-order chi connectivity index (χ0) is 18.5. The summed E-state index contributed by atoms with van der Waals surface area (Å²) >= 11 is 12.1. The highest BCUT2D eigenvalue weighted by atomic mass is 35.5. The molecule has 26 heavy (non-hydrogen) atoms. The number of carbonyl (C=O) groups excluding carboxylic acids is 1. The first-order chi connectivity index (χ1) is 12.6. The summed E-state index contributed by atoms with van der Waals surface area (Å²) in [5, 5.41) is 4.20. The van der Waals surface area contributed by atoms with Crippen LogP contribution in [0, 0.1) is 0 Å². The molecule has 1 amide bonds. The summed E-state index contributed by atoms with van der Waals surface area (Å²) in [4.78, 5) is 16.6. The van der Waals surface area contributed by atoms with Crippen LogP contribution in [-0.2, 0) is 4.79 Å². The molecule has 7 heteroatoms. The van der Waals surface area contributed by atoms with Crippen molar-refractivity contribution in [2.75, 3.05) is 50.1 Å². The molecule has 1 N–H and O–H groups in total. The van der Waals surface area contributed by atoms with Gasteiger partial charge in [0.2, 0.25) is 5.91 Å². The Kier molecular flexibility index (Phi) is 6.12. The van der Waals surface area contributed by atoms with E-state index >= 15 is 0 Å². The predicted molar refractivity (Wildman–Crippen MR) is 107 cm³/mol. The molecule has 1 aliphatic heterocycles. The van der Waals surface area contributed by atoms with E-state index in [-0.39, 0.29) is 12.5 Å². The number of amides is 1. The number of methoxy groups -OCH3 is 1. The number of benzene rings is 2. The van der Waals surface area contributed by atoms with Gasteiger partial charge in [-0.3, -0.25) is 4.79 Å². The number of carbonyl (C=O) groups is 1. The fraction of sp³-hybridized carbons (Fsp3) is 0.316. The molecule has 0 aromatic heterocycles. The lowest BCUT2D eigenvalue weighted by Gasteiger charge is -2.36. The monoisotopic (exact) mass is 393 g/mol. The van der Waals surface area contributed by atoms with Crippen molar-refractivity contribution in [3.63, 3.8) is 0 Å². The van der Waals surface area contributed by atoms with Crippen molar-refractivity contribution in [2.24, 2.45) is 0 Å². The minimum atomic E-state index is 0.0513. The van der Waals surface area contributed by atoms with Crippen LogP contribution in [0.3, 0.4) is 0 Å². The van der Waals surface area contributed by atoms with Gasteiger partial charge in [0, 0.05) is 36.9 Å². The molecule has 1 aliphatic rings. The molecule has 0 saturated carbocycles. The van der Waals surface area contributed by atoms with Gasteiger partial charge in [-0.1, -0.05) is 23.2 Å². The van der Waals surface area contributed by atoms with Crippen LogP contribution in [0.4, 0.5) is 11.4 Å². The van der Waals surface area contributed by atoms with Crippen molar-refractivity contribution < 1.29 is 9.53 Å². The third-order valence-electron chi connectivity index (χ3n) is 4.43. The number of hydrogen-bond acceptors (Lipinski definition) is 4. The van der Waals surface area contributed by atoms with E-state index < -0.39 is 0 Å². The summed E-state index contributed by atoms with van der Waals surface area (Å²) in [6.45, 7) is 3.18. The van der Waals surface area contributed by atoms with Crippen LogP contribution < -0.4 is 15.0 Å². The zero-order valence-electron chi connectivity index (χ0n) is 14.5. The Bertz CT molecular complexity index is 760. The summed E-state index contributed by atoms with van der Waals surface area (Å²) in [6.07, 6.45) is 0. The largest absolute Gasteiger partial charge is 0.497 e. The van der Waals surface area contributed by atoms with Crippen LogP contribution in [0.25, 0.3) is 0 Å². The van der Waals surface area contributed by atoms with Gasteiger partial charge < -0.3 is 19.9 Å². The third kappa shape index (κ3) is 4.54. The fourth-order valence-electron chi connectivity index (χ4n) is 2.92. The van der Waals surface area contributed by atoms with Crippen molar-refractivity contribution in [1.82, 2.24) is 4.90 Å². The smallest absolute Gasteiger partial charge is 0.241 e. The number of anilines is 2. The minimum absolute atomic E-state index is 0.0513. The van der Waals surface area contributed by atoms with E-state index in [2.05, 4.69) is 10.2 Å². The molecule has 0 aliphatic carbocycles. The van der Waals surface area contributed by atoms with Crippen molar-refractivity contribution in [3.05, 3.63) is 52.5 Å². The number of halogens is 2. The fourth-order valence-corrected chi connectivity index (χ4v) is 3.28. The lowest BCUT2D eigenvalue weighted by molar-refractivity contribution is -0.129. The second-order valence-electron chi connectivity index (χ2n) is 6.04. The summed E-state index contributed by atoms with van der Waals surface area (Å²) in [6, 6.07) is 13.1.